The van der Waals surface area contributed by atoms with Crippen molar-refractivity contribution in [3.63, 3.8) is 0 Å². The third kappa shape index (κ3) is 2.89. The lowest BCUT2D eigenvalue weighted by molar-refractivity contribution is 0.0702. The summed E-state index contributed by atoms with van der Waals surface area (Å²) >= 11 is 1.35. The highest BCUT2D eigenvalue weighted by atomic mass is 32.1. The van der Waals surface area contributed by atoms with Crippen LogP contribution in [0.25, 0.3) is 10.1 Å². The van der Waals surface area contributed by atoms with E-state index >= 15 is 0 Å². The molecule has 0 aliphatic carbocycles. The molecule has 0 unspecified atom stereocenters. The molecular formula is C16H20N2O2S. The Morgan fingerprint density at radius 1 is 1.19 bits per heavy atom. The number of piperazine rings is 1. The van der Waals surface area contributed by atoms with Crippen LogP contribution < -0.4 is 4.90 Å². The maximum Gasteiger partial charge on any atom is 0.345 e. The minimum atomic E-state index is -0.844. The van der Waals surface area contributed by atoms with Crippen LogP contribution in [-0.2, 0) is 0 Å². The van der Waals surface area contributed by atoms with E-state index in [1.807, 2.05) is 6.07 Å². The Morgan fingerprint density at radius 3 is 2.52 bits per heavy atom. The lowest BCUT2D eigenvalue weighted by atomic mass is 10.2. The van der Waals surface area contributed by atoms with Crippen molar-refractivity contribution >= 4 is 33.1 Å². The van der Waals surface area contributed by atoms with Gasteiger partial charge in [-0.1, -0.05) is 6.07 Å². The molecule has 0 amide bonds. The largest absolute Gasteiger partial charge is 0.477 e. The van der Waals surface area contributed by atoms with Crippen molar-refractivity contribution in [3.05, 3.63) is 29.1 Å². The van der Waals surface area contributed by atoms with Gasteiger partial charge in [-0.05, 0) is 37.4 Å². The molecule has 2 aromatic rings. The summed E-state index contributed by atoms with van der Waals surface area (Å²) in [7, 11) is 0. The lowest BCUT2D eigenvalue weighted by Gasteiger charge is -2.38. The van der Waals surface area contributed by atoms with Crippen molar-refractivity contribution < 1.29 is 9.90 Å². The van der Waals surface area contributed by atoms with Gasteiger partial charge in [0.25, 0.3) is 0 Å². The summed E-state index contributed by atoms with van der Waals surface area (Å²) in [5.74, 6) is -0.844. The van der Waals surface area contributed by atoms with E-state index in [-0.39, 0.29) is 0 Å². The van der Waals surface area contributed by atoms with Crippen LogP contribution in [0.3, 0.4) is 0 Å². The summed E-state index contributed by atoms with van der Waals surface area (Å²) in [5.41, 5.74) is 1.20. The maximum absolute atomic E-state index is 11.1. The number of hydrogen-bond donors (Lipinski definition) is 1. The molecule has 1 aromatic heterocycles. The van der Waals surface area contributed by atoms with Gasteiger partial charge < -0.3 is 10.0 Å². The van der Waals surface area contributed by atoms with Gasteiger partial charge in [0, 0.05) is 42.6 Å². The molecule has 0 bridgehead atoms. The Labute approximate surface area is 128 Å². The average Bonchev–Trinajstić information content (AvgIpc) is 2.90. The van der Waals surface area contributed by atoms with Gasteiger partial charge in [-0.15, -0.1) is 11.3 Å². The number of nitrogens with zero attached hydrogens (tertiary/aromatic N) is 2. The van der Waals surface area contributed by atoms with Crippen LogP contribution in [0.2, 0.25) is 0 Å². The predicted octanol–water partition coefficient (Wildman–Crippen LogP) is 3.13. The number of fused-ring (bicyclic) bond motifs is 1. The first-order chi connectivity index (χ1) is 10.0. The van der Waals surface area contributed by atoms with E-state index in [1.165, 1.54) is 17.0 Å². The number of carboxylic acid groups (broad SMARTS) is 1. The third-order valence-corrected chi connectivity index (χ3v) is 5.21. The number of rotatable bonds is 3. The Hall–Kier alpha value is -1.59. The van der Waals surface area contributed by atoms with Crippen molar-refractivity contribution in [2.24, 2.45) is 0 Å². The first-order valence-electron chi connectivity index (χ1n) is 7.30. The highest BCUT2D eigenvalue weighted by Gasteiger charge is 2.19. The molecule has 1 aliphatic heterocycles. The standard InChI is InChI=1S/C16H20N2O2S/c1-11(2)17-5-7-18(8-6-17)13-4-3-12-9-15(16(19)20)21-14(12)10-13/h3-4,9-11H,5-8H2,1-2H3,(H,19,20). The summed E-state index contributed by atoms with van der Waals surface area (Å²) in [5, 5.41) is 10.1. The zero-order chi connectivity index (χ0) is 15.0. The minimum Gasteiger partial charge on any atom is -0.477 e. The van der Waals surface area contributed by atoms with E-state index in [0.29, 0.717) is 10.9 Å². The SMILES string of the molecule is CC(C)N1CCN(c2ccc3cc(C(=O)O)sc3c2)CC1. The summed E-state index contributed by atoms with van der Waals surface area (Å²) in [6.45, 7) is 8.70. The highest BCUT2D eigenvalue weighted by molar-refractivity contribution is 7.20. The lowest BCUT2D eigenvalue weighted by Crippen LogP contribution is -2.48. The molecule has 21 heavy (non-hydrogen) atoms. The van der Waals surface area contributed by atoms with Crippen molar-refractivity contribution in [1.82, 2.24) is 4.90 Å². The van der Waals surface area contributed by atoms with Gasteiger partial charge in [0.2, 0.25) is 0 Å². The second-order valence-electron chi connectivity index (χ2n) is 5.75. The summed E-state index contributed by atoms with van der Waals surface area (Å²) in [4.78, 5) is 16.3. The van der Waals surface area contributed by atoms with Crippen molar-refractivity contribution in [3.8, 4) is 0 Å². The Morgan fingerprint density at radius 2 is 1.90 bits per heavy atom. The summed E-state index contributed by atoms with van der Waals surface area (Å²) in [6, 6.07) is 8.61. The molecular weight excluding hydrogens is 284 g/mol. The first-order valence-corrected chi connectivity index (χ1v) is 8.12. The number of carbonyl (C=O) groups is 1. The normalized spacial score (nSPS) is 16.8. The van der Waals surface area contributed by atoms with Crippen LogP contribution in [0.5, 0.6) is 0 Å². The van der Waals surface area contributed by atoms with E-state index in [9.17, 15) is 4.79 Å². The second kappa shape index (κ2) is 5.66. The molecule has 3 rings (SSSR count). The molecule has 4 nitrogen and oxygen atoms in total. The van der Waals surface area contributed by atoms with Gasteiger partial charge in [-0.2, -0.15) is 0 Å². The van der Waals surface area contributed by atoms with Crippen LogP contribution in [0, 0.1) is 0 Å². The number of aromatic carboxylic acids is 1. The fraction of sp³-hybridized carbons (Fsp3) is 0.438. The van der Waals surface area contributed by atoms with Crippen molar-refractivity contribution in [2.75, 3.05) is 31.1 Å². The minimum absolute atomic E-state index is 0.409. The Bertz CT molecular complexity index is 657. The van der Waals surface area contributed by atoms with Crippen LogP contribution >= 0.6 is 11.3 Å². The van der Waals surface area contributed by atoms with Crippen molar-refractivity contribution in [2.45, 2.75) is 19.9 Å². The third-order valence-electron chi connectivity index (χ3n) is 4.12. The first kappa shape index (κ1) is 14.4. The number of hydrogen-bond acceptors (Lipinski definition) is 4. The quantitative estimate of drug-likeness (QED) is 0.946. The number of benzene rings is 1. The molecule has 2 heterocycles. The molecule has 0 saturated carbocycles. The Kier molecular flexibility index (Phi) is 3.87. The van der Waals surface area contributed by atoms with Crippen LogP contribution in [0.4, 0.5) is 5.69 Å². The monoisotopic (exact) mass is 304 g/mol. The van der Waals surface area contributed by atoms with Gasteiger partial charge in [-0.3, -0.25) is 4.90 Å². The molecule has 1 aliphatic rings. The second-order valence-corrected chi connectivity index (χ2v) is 6.84. The molecule has 0 spiro atoms. The van der Waals surface area contributed by atoms with Crippen molar-refractivity contribution in [1.29, 1.82) is 0 Å². The van der Waals surface area contributed by atoms with E-state index in [1.54, 1.807) is 6.07 Å². The predicted molar refractivity (Wildman–Crippen MR) is 87.7 cm³/mol. The fourth-order valence-corrected chi connectivity index (χ4v) is 3.75. The molecule has 1 aromatic carbocycles. The maximum atomic E-state index is 11.1. The molecule has 1 fully saturated rings. The van der Waals surface area contributed by atoms with Crippen LogP contribution in [0.1, 0.15) is 23.5 Å². The van der Waals surface area contributed by atoms with Gasteiger partial charge in [0.1, 0.15) is 4.88 Å². The smallest absolute Gasteiger partial charge is 0.345 e. The summed E-state index contributed by atoms with van der Waals surface area (Å²) in [6.07, 6.45) is 0. The number of carboxylic acids is 1. The van der Waals surface area contributed by atoms with Crippen LogP contribution in [0.15, 0.2) is 24.3 Å². The van der Waals surface area contributed by atoms with E-state index in [4.69, 9.17) is 5.11 Å². The zero-order valence-corrected chi connectivity index (χ0v) is 13.2. The molecule has 1 N–H and O–H groups in total. The van der Waals surface area contributed by atoms with Gasteiger partial charge in [0.05, 0.1) is 0 Å². The molecule has 5 heteroatoms. The van der Waals surface area contributed by atoms with E-state index < -0.39 is 5.97 Å². The molecule has 112 valence electrons. The zero-order valence-electron chi connectivity index (χ0n) is 12.4. The highest BCUT2D eigenvalue weighted by Crippen LogP contribution is 2.30. The summed E-state index contributed by atoms with van der Waals surface area (Å²) < 4.78 is 1.05. The van der Waals surface area contributed by atoms with E-state index in [0.717, 1.165) is 36.3 Å². The fourth-order valence-electron chi connectivity index (χ4n) is 2.82. The van der Waals surface area contributed by atoms with Gasteiger partial charge in [0.15, 0.2) is 0 Å². The molecule has 0 radical (unpaired) electrons. The Balaban J connectivity index is 1.80. The number of anilines is 1. The average molecular weight is 304 g/mol. The topological polar surface area (TPSA) is 43.8 Å². The molecule has 1 saturated heterocycles. The van der Waals surface area contributed by atoms with Crippen LogP contribution in [-0.4, -0.2) is 48.2 Å². The van der Waals surface area contributed by atoms with E-state index in [2.05, 4.69) is 35.8 Å². The van der Waals surface area contributed by atoms with Gasteiger partial charge >= 0.3 is 5.97 Å². The van der Waals surface area contributed by atoms with Gasteiger partial charge in [-0.25, -0.2) is 4.79 Å². The number of thiophene rings is 1. The molecule has 0 atom stereocenters.